The van der Waals surface area contributed by atoms with E-state index >= 15 is 0 Å². The van der Waals surface area contributed by atoms with Gasteiger partial charge in [0.05, 0.1) is 10.9 Å². The first kappa shape index (κ1) is 26.3. The summed E-state index contributed by atoms with van der Waals surface area (Å²) in [4.78, 5) is 13.4. The fourth-order valence-electron chi connectivity index (χ4n) is 7.27. The van der Waals surface area contributed by atoms with Crippen LogP contribution in [-0.4, -0.2) is 14.3 Å². The van der Waals surface area contributed by atoms with Gasteiger partial charge in [-0.15, -0.1) is 0 Å². The van der Waals surface area contributed by atoms with E-state index in [0.29, 0.717) is 40.6 Å². The Morgan fingerprint density at radius 1 is 0.829 bits per heavy atom. The van der Waals surface area contributed by atoms with Gasteiger partial charge >= 0.3 is 0 Å². The van der Waals surface area contributed by atoms with Crippen LogP contribution in [0.4, 0.5) is 17.1 Å². The Kier molecular flexibility index (Phi) is 6.63. The summed E-state index contributed by atoms with van der Waals surface area (Å²) in [5.74, 6) is 2.15. The summed E-state index contributed by atoms with van der Waals surface area (Å²) in [6.45, 7) is 0. The van der Waals surface area contributed by atoms with E-state index < -0.39 is 10.0 Å². The lowest BCUT2D eigenvalue weighted by atomic mass is 9.68. The van der Waals surface area contributed by atoms with Gasteiger partial charge in [-0.2, -0.15) is 0 Å². The van der Waals surface area contributed by atoms with Crippen LogP contribution in [0.15, 0.2) is 106 Å². The molecule has 4 aromatic rings. The van der Waals surface area contributed by atoms with Gasteiger partial charge in [-0.3, -0.25) is 9.52 Å². The second-order valence-corrected chi connectivity index (χ2v) is 14.0. The fourth-order valence-corrected chi connectivity index (χ4v) is 8.59. The van der Waals surface area contributed by atoms with Crippen molar-refractivity contribution >= 4 is 48.9 Å². The highest BCUT2D eigenvalue weighted by atomic mass is 79.9. The summed E-state index contributed by atoms with van der Waals surface area (Å²) < 4.78 is 29.1. The molecular weight excluding hydrogens is 598 g/mol. The first-order chi connectivity index (χ1) is 19.9. The Balaban J connectivity index is 1.10. The van der Waals surface area contributed by atoms with Crippen LogP contribution >= 0.6 is 15.9 Å². The topological polar surface area (TPSA) is 87.3 Å². The molecule has 2 bridgehead atoms. The van der Waals surface area contributed by atoms with Crippen molar-refractivity contribution in [3.8, 4) is 0 Å². The lowest BCUT2D eigenvalue weighted by Crippen LogP contribution is -2.35. The van der Waals surface area contributed by atoms with Crippen molar-refractivity contribution < 1.29 is 13.2 Å². The molecule has 5 atom stereocenters. The van der Waals surface area contributed by atoms with Crippen molar-refractivity contribution in [2.75, 3.05) is 15.4 Å². The molecule has 1 amide bonds. The molecule has 0 saturated heterocycles. The van der Waals surface area contributed by atoms with Crippen LogP contribution in [0, 0.1) is 17.8 Å². The van der Waals surface area contributed by atoms with E-state index in [9.17, 15) is 13.2 Å². The molecule has 0 aromatic heterocycles. The summed E-state index contributed by atoms with van der Waals surface area (Å²) in [5, 5.41) is 6.78. The van der Waals surface area contributed by atoms with Gasteiger partial charge in [0, 0.05) is 27.1 Å². The van der Waals surface area contributed by atoms with E-state index in [0.717, 1.165) is 10.2 Å². The molecule has 0 unspecified atom stereocenters. The highest BCUT2D eigenvalue weighted by Crippen LogP contribution is 2.63. The van der Waals surface area contributed by atoms with Crippen LogP contribution in [-0.2, 0) is 10.0 Å². The van der Waals surface area contributed by atoms with Gasteiger partial charge in [0.15, 0.2) is 0 Å². The quantitative estimate of drug-likeness (QED) is 0.203. The molecule has 2 fully saturated rings. The number of hydrogen-bond donors (Lipinski definition) is 3. The van der Waals surface area contributed by atoms with Gasteiger partial charge in [-0.1, -0.05) is 46.3 Å². The summed E-state index contributed by atoms with van der Waals surface area (Å²) in [5.41, 5.74) is 5.33. The maximum Gasteiger partial charge on any atom is 0.261 e. The third-order valence-electron chi connectivity index (χ3n) is 9.03. The number of carbonyl (C=O) groups is 1. The molecule has 0 spiro atoms. The number of rotatable bonds is 6. The molecule has 3 N–H and O–H groups in total. The minimum absolute atomic E-state index is 0.119. The number of fused-ring (bicyclic) bond motifs is 7. The van der Waals surface area contributed by atoms with Crippen molar-refractivity contribution in [2.45, 2.75) is 36.1 Å². The van der Waals surface area contributed by atoms with E-state index in [-0.39, 0.29) is 16.8 Å². The molecule has 1 aliphatic heterocycles. The van der Waals surface area contributed by atoms with Crippen LogP contribution in [0.3, 0.4) is 0 Å². The van der Waals surface area contributed by atoms with E-state index in [1.165, 1.54) is 42.5 Å². The summed E-state index contributed by atoms with van der Waals surface area (Å²) in [6, 6.07) is 30.2. The molecule has 2 aliphatic carbocycles. The molecule has 208 valence electrons. The average molecular weight is 629 g/mol. The third kappa shape index (κ3) is 4.93. The number of anilines is 3. The lowest BCUT2D eigenvalue weighted by Gasteiger charge is -2.43. The SMILES string of the molecule is O=C(Nc1ccc(S(=O)(=O)Nc2ccc(Br)cc2)cc1)c1ccc2c(c1)[C@@H]1[C@H]3CC[C@@H](C3)[C@H]1[C@@H](c1ccccc1)N2. The molecule has 2 saturated carbocycles. The van der Waals surface area contributed by atoms with Crippen LogP contribution in [0.5, 0.6) is 0 Å². The molecule has 7 rings (SSSR count). The number of hydrogen-bond acceptors (Lipinski definition) is 4. The van der Waals surface area contributed by atoms with Crippen LogP contribution in [0.2, 0.25) is 0 Å². The van der Waals surface area contributed by atoms with E-state index in [1.54, 1.807) is 36.4 Å². The van der Waals surface area contributed by atoms with Crippen molar-refractivity contribution in [3.05, 3.63) is 118 Å². The van der Waals surface area contributed by atoms with Crippen molar-refractivity contribution in [1.82, 2.24) is 0 Å². The zero-order valence-corrected chi connectivity index (χ0v) is 24.7. The smallest absolute Gasteiger partial charge is 0.261 e. The number of carbonyl (C=O) groups excluding carboxylic acids is 1. The number of sulfonamides is 1. The first-order valence-corrected chi connectivity index (χ1v) is 16.3. The highest BCUT2D eigenvalue weighted by molar-refractivity contribution is 9.10. The van der Waals surface area contributed by atoms with Gasteiger partial charge in [0.1, 0.15) is 0 Å². The Morgan fingerprint density at radius 2 is 1.54 bits per heavy atom. The van der Waals surface area contributed by atoms with E-state index in [4.69, 9.17) is 0 Å². The maximum absolute atomic E-state index is 13.3. The average Bonchev–Trinajstić information content (AvgIpc) is 3.62. The van der Waals surface area contributed by atoms with Gasteiger partial charge < -0.3 is 10.6 Å². The van der Waals surface area contributed by atoms with Crippen LogP contribution < -0.4 is 15.4 Å². The van der Waals surface area contributed by atoms with E-state index in [1.807, 2.05) is 12.1 Å². The molecule has 1 heterocycles. The van der Waals surface area contributed by atoms with Crippen molar-refractivity contribution in [2.24, 2.45) is 17.8 Å². The predicted molar refractivity (Wildman–Crippen MR) is 166 cm³/mol. The van der Waals surface area contributed by atoms with Crippen molar-refractivity contribution in [1.29, 1.82) is 0 Å². The normalized spacial score (nSPS) is 24.2. The molecule has 41 heavy (non-hydrogen) atoms. The summed E-state index contributed by atoms with van der Waals surface area (Å²) >= 11 is 3.35. The van der Waals surface area contributed by atoms with Gasteiger partial charge in [0.25, 0.3) is 15.9 Å². The van der Waals surface area contributed by atoms with Gasteiger partial charge in [-0.05, 0) is 121 Å². The van der Waals surface area contributed by atoms with Crippen molar-refractivity contribution in [3.63, 3.8) is 0 Å². The molecule has 3 aliphatic rings. The zero-order chi connectivity index (χ0) is 28.1. The fraction of sp³-hybridized carbons (Fsp3) is 0.242. The number of halogens is 1. The Labute approximate surface area is 248 Å². The van der Waals surface area contributed by atoms with E-state index in [2.05, 4.69) is 67.7 Å². The number of amides is 1. The number of benzene rings is 4. The zero-order valence-electron chi connectivity index (χ0n) is 22.3. The molecule has 6 nitrogen and oxygen atoms in total. The maximum atomic E-state index is 13.3. The second-order valence-electron chi connectivity index (χ2n) is 11.4. The first-order valence-electron chi connectivity index (χ1n) is 14.0. The minimum Gasteiger partial charge on any atom is -0.378 e. The Hall–Kier alpha value is -3.62. The summed E-state index contributed by atoms with van der Waals surface area (Å²) in [6.07, 6.45) is 3.81. The molecule has 8 heteroatoms. The van der Waals surface area contributed by atoms with Gasteiger partial charge in [0.2, 0.25) is 0 Å². The second kappa shape index (κ2) is 10.3. The van der Waals surface area contributed by atoms with Crippen LogP contribution in [0.25, 0.3) is 0 Å². The Bertz CT molecular complexity index is 1710. The predicted octanol–water partition coefficient (Wildman–Crippen LogP) is 7.80. The highest BCUT2D eigenvalue weighted by Gasteiger charge is 2.53. The third-order valence-corrected chi connectivity index (χ3v) is 11.0. The monoisotopic (exact) mass is 627 g/mol. The van der Waals surface area contributed by atoms with Gasteiger partial charge in [-0.25, -0.2) is 8.42 Å². The standard InChI is InChI=1S/C33H30BrN3O3S/c34-24-9-11-26(12-10-24)37-41(39,40)27-15-13-25(14-16-27)35-33(38)23-8-17-29-28(19-23)30-21-6-7-22(18-21)31(30)32(36-29)20-4-2-1-3-5-20/h1-5,8-17,19,21-22,30-32,36-37H,6-7,18H2,(H,35,38)/t21-,22-,30-,31+,32+/m0/s1. The largest absolute Gasteiger partial charge is 0.378 e. The lowest BCUT2D eigenvalue weighted by molar-refractivity contribution is 0.102. The molecule has 0 radical (unpaired) electrons. The Morgan fingerprint density at radius 3 is 2.29 bits per heavy atom. The summed E-state index contributed by atoms with van der Waals surface area (Å²) in [7, 11) is -3.76. The number of nitrogens with one attached hydrogen (secondary N) is 3. The minimum atomic E-state index is -3.76. The molecular formula is C33H30BrN3O3S. The van der Waals surface area contributed by atoms with Crippen LogP contribution in [0.1, 0.15) is 52.7 Å². The molecule has 4 aromatic carbocycles.